The Morgan fingerprint density at radius 2 is 2.50 bits per heavy atom. The van der Waals surface area contributed by atoms with Crippen molar-refractivity contribution in [2.45, 2.75) is 51.1 Å². The molecular formula is C13H22N4O. The number of nitrogens with two attached hydrogens (primary N) is 1. The average Bonchev–Trinajstić information content (AvgIpc) is 2.76. The number of carbonyl (C=O) groups excluding carboxylic acids is 1. The van der Waals surface area contributed by atoms with Gasteiger partial charge in [0.1, 0.15) is 0 Å². The summed E-state index contributed by atoms with van der Waals surface area (Å²) in [5, 5.41) is 7.74. The fourth-order valence-corrected chi connectivity index (χ4v) is 2.92. The molecule has 5 nitrogen and oxygen atoms in total. The van der Waals surface area contributed by atoms with Gasteiger partial charge < -0.3 is 11.1 Å². The van der Waals surface area contributed by atoms with Crippen molar-refractivity contribution in [3.63, 3.8) is 0 Å². The first-order valence-electron chi connectivity index (χ1n) is 6.64. The molecule has 1 aliphatic rings. The fourth-order valence-electron chi connectivity index (χ4n) is 2.92. The van der Waals surface area contributed by atoms with Crippen LogP contribution in [0.5, 0.6) is 0 Å². The Labute approximate surface area is 108 Å². The van der Waals surface area contributed by atoms with Crippen molar-refractivity contribution < 1.29 is 4.79 Å². The molecule has 1 aromatic rings. The van der Waals surface area contributed by atoms with Crippen molar-refractivity contribution in [1.82, 2.24) is 15.1 Å². The zero-order valence-electron chi connectivity index (χ0n) is 11.1. The number of rotatable bonds is 4. The van der Waals surface area contributed by atoms with Crippen molar-refractivity contribution in [3.8, 4) is 0 Å². The van der Waals surface area contributed by atoms with Gasteiger partial charge in [0.15, 0.2) is 0 Å². The Balaban J connectivity index is 2.18. The predicted molar refractivity (Wildman–Crippen MR) is 70.1 cm³/mol. The summed E-state index contributed by atoms with van der Waals surface area (Å²) in [5.74, 6) is -0.238. The number of primary amides is 1. The molecule has 0 aromatic carbocycles. The summed E-state index contributed by atoms with van der Waals surface area (Å²) in [6, 6.07) is 2.26. The van der Waals surface area contributed by atoms with Gasteiger partial charge in [-0.1, -0.05) is 6.92 Å². The number of carbonyl (C=O) groups is 1. The summed E-state index contributed by atoms with van der Waals surface area (Å²) in [7, 11) is 0. The summed E-state index contributed by atoms with van der Waals surface area (Å²) >= 11 is 0. The Morgan fingerprint density at radius 1 is 1.72 bits per heavy atom. The van der Waals surface area contributed by atoms with Gasteiger partial charge in [0.05, 0.1) is 17.3 Å². The van der Waals surface area contributed by atoms with Crippen molar-refractivity contribution in [2.75, 3.05) is 6.54 Å². The second-order valence-corrected chi connectivity index (χ2v) is 5.16. The van der Waals surface area contributed by atoms with Gasteiger partial charge in [0.2, 0.25) is 5.91 Å². The van der Waals surface area contributed by atoms with Gasteiger partial charge in [-0.05, 0) is 45.2 Å². The van der Waals surface area contributed by atoms with Crippen molar-refractivity contribution in [1.29, 1.82) is 0 Å². The zero-order valence-corrected chi connectivity index (χ0v) is 11.1. The highest BCUT2D eigenvalue weighted by atomic mass is 16.1. The third-order valence-corrected chi connectivity index (χ3v) is 3.83. The number of aryl methyl sites for hydroxylation is 1. The minimum atomic E-state index is -0.558. The first-order valence-corrected chi connectivity index (χ1v) is 6.64. The smallest absolute Gasteiger partial charge is 0.237 e. The SMILES string of the molecule is CCNC1(C(N)=O)CCCC(n2ccc(C)n2)C1. The highest BCUT2D eigenvalue weighted by Crippen LogP contribution is 2.35. The van der Waals surface area contributed by atoms with Gasteiger partial charge >= 0.3 is 0 Å². The average molecular weight is 250 g/mol. The molecule has 2 rings (SSSR count). The Kier molecular flexibility index (Phi) is 3.71. The van der Waals surface area contributed by atoms with E-state index >= 15 is 0 Å². The van der Waals surface area contributed by atoms with Gasteiger partial charge in [0, 0.05) is 6.20 Å². The lowest BCUT2D eigenvalue weighted by molar-refractivity contribution is -0.126. The molecule has 2 atom stereocenters. The van der Waals surface area contributed by atoms with Crippen LogP contribution in [-0.2, 0) is 4.79 Å². The molecule has 1 fully saturated rings. The van der Waals surface area contributed by atoms with E-state index in [9.17, 15) is 4.79 Å². The maximum Gasteiger partial charge on any atom is 0.237 e. The summed E-state index contributed by atoms with van der Waals surface area (Å²) < 4.78 is 1.98. The van der Waals surface area contributed by atoms with E-state index in [1.807, 2.05) is 30.8 Å². The van der Waals surface area contributed by atoms with Crippen molar-refractivity contribution >= 4 is 5.91 Å². The van der Waals surface area contributed by atoms with Crippen LogP contribution in [0.15, 0.2) is 12.3 Å². The molecule has 1 aromatic heterocycles. The molecule has 3 N–H and O–H groups in total. The van der Waals surface area contributed by atoms with Crippen molar-refractivity contribution in [3.05, 3.63) is 18.0 Å². The van der Waals surface area contributed by atoms with Gasteiger partial charge in [0.25, 0.3) is 0 Å². The van der Waals surface area contributed by atoms with E-state index in [0.717, 1.165) is 37.9 Å². The highest BCUT2D eigenvalue weighted by Gasteiger charge is 2.41. The number of nitrogens with zero attached hydrogens (tertiary/aromatic N) is 2. The van der Waals surface area contributed by atoms with E-state index in [1.165, 1.54) is 0 Å². The lowest BCUT2D eigenvalue weighted by atomic mass is 9.78. The van der Waals surface area contributed by atoms with Crippen LogP contribution in [0.25, 0.3) is 0 Å². The maximum atomic E-state index is 11.8. The monoisotopic (exact) mass is 250 g/mol. The third-order valence-electron chi connectivity index (χ3n) is 3.83. The second-order valence-electron chi connectivity index (χ2n) is 5.16. The van der Waals surface area contributed by atoms with Gasteiger partial charge in [-0.2, -0.15) is 5.10 Å². The largest absolute Gasteiger partial charge is 0.368 e. The summed E-state index contributed by atoms with van der Waals surface area (Å²) in [5.41, 5.74) is 6.05. The lowest BCUT2D eigenvalue weighted by Crippen LogP contribution is -2.57. The molecule has 1 heterocycles. The van der Waals surface area contributed by atoms with E-state index in [0.29, 0.717) is 0 Å². The molecule has 0 aliphatic heterocycles. The number of amides is 1. The standard InChI is InChI=1S/C13H22N4O/c1-3-15-13(12(14)18)7-4-5-11(9-13)17-8-6-10(2)16-17/h6,8,11,15H,3-5,7,9H2,1-2H3,(H2,14,18). The second kappa shape index (κ2) is 5.10. The Bertz CT molecular complexity index is 424. The van der Waals surface area contributed by atoms with Gasteiger partial charge in [-0.15, -0.1) is 0 Å². The van der Waals surface area contributed by atoms with Crippen LogP contribution < -0.4 is 11.1 Å². The predicted octanol–water partition coefficient (Wildman–Crippen LogP) is 1.14. The number of nitrogens with one attached hydrogen (secondary N) is 1. The van der Waals surface area contributed by atoms with Gasteiger partial charge in [-0.25, -0.2) is 0 Å². The van der Waals surface area contributed by atoms with Gasteiger partial charge in [-0.3, -0.25) is 9.48 Å². The quantitative estimate of drug-likeness (QED) is 0.841. The first-order chi connectivity index (χ1) is 8.57. The van der Waals surface area contributed by atoms with Crippen LogP contribution in [0.4, 0.5) is 0 Å². The van der Waals surface area contributed by atoms with Crippen LogP contribution in [0, 0.1) is 6.92 Å². The molecule has 0 saturated heterocycles. The van der Waals surface area contributed by atoms with E-state index in [1.54, 1.807) is 0 Å². The van der Waals surface area contributed by atoms with E-state index < -0.39 is 5.54 Å². The molecule has 100 valence electrons. The zero-order chi connectivity index (χ0) is 13.2. The molecular weight excluding hydrogens is 228 g/mol. The number of likely N-dealkylation sites (N-methyl/N-ethyl adjacent to an activating group) is 1. The topological polar surface area (TPSA) is 72.9 Å². The number of aromatic nitrogens is 2. The van der Waals surface area contributed by atoms with Crippen LogP contribution in [0.3, 0.4) is 0 Å². The molecule has 1 aliphatic carbocycles. The van der Waals surface area contributed by atoms with Crippen LogP contribution in [-0.4, -0.2) is 27.8 Å². The van der Waals surface area contributed by atoms with Crippen LogP contribution >= 0.6 is 0 Å². The minimum Gasteiger partial charge on any atom is -0.368 e. The number of hydrogen-bond donors (Lipinski definition) is 2. The molecule has 1 amide bonds. The van der Waals surface area contributed by atoms with Crippen molar-refractivity contribution in [2.24, 2.45) is 5.73 Å². The molecule has 0 radical (unpaired) electrons. The van der Waals surface area contributed by atoms with Crippen LogP contribution in [0.2, 0.25) is 0 Å². The molecule has 18 heavy (non-hydrogen) atoms. The first kappa shape index (κ1) is 13.1. The molecule has 2 unspecified atom stereocenters. The van der Waals surface area contributed by atoms with E-state index in [2.05, 4.69) is 10.4 Å². The molecule has 1 saturated carbocycles. The molecule has 0 spiro atoms. The van der Waals surface area contributed by atoms with E-state index in [4.69, 9.17) is 5.73 Å². The fraction of sp³-hybridized carbons (Fsp3) is 0.692. The summed E-state index contributed by atoms with van der Waals surface area (Å²) in [4.78, 5) is 11.8. The molecule has 0 bridgehead atoms. The Morgan fingerprint density at radius 3 is 3.06 bits per heavy atom. The third kappa shape index (κ3) is 2.41. The van der Waals surface area contributed by atoms with Crippen LogP contribution in [0.1, 0.15) is 44.3 Å². The Hall–Kier alpha value is -1.36. The highest BCUT2D eigenvalue weighted by molar-refractivity contribution is 5.84. The number of hydrogen-bond acceptors (Lipinski definition) is 3. The summed E-state index contributed by atoms with van der Waals surface area (Å²) in [6.07, 6.45) is 5.61. The lowest BCUT2D eigenvalue weighted by Gasteiger charge is -2.39. The summed E-state index contributed by atoms with van der Waals surface area (Å²) in [6.45, 7) is 4.74. The normalized spacial score (nSPS) is 28.2. The maximum absolute atomic E-state index is 11.8. The minimum absolute atomic E-state index is 0.238. The van der Waals surface area contributed by atoms with E-state index in [-0.39, 0.29) is 11.9 Å². The molecule has 5 heteroatoms.